The molecule has 1 saturated heterocycles. The molecular formula is C26H21F3N2O. The number of rotatable bonds is 3. The lowest BCUT2D eigenvalue weighted by Gasteiger charge is -2.30. The Morgan fingerprint density at radius 1 is 0.812 bits per heavy atom. The predicted molar refractivity (Wildman–Crippen MR) is 123 cm³/mol. The number of alkyl halides is 3. The molecule has 0 N–H and O–H groups in total. The van der Waals surface area contributed by atoms with Crippen molar-refractivity contribution < 1.29 is 17.9 Å². The van der Waals surface area contributed by atoms with Gasteiger partial charge in [-0.1, -0.05) is 48.5 Å². The number of hydrogen-bond donors (Lipinski definition) is 0. The van der Waals surface area contributed by atoms with Gasteiger partial charge in [0.05, 0.1) is 30.2 Å². The highest BCUT2D eigenvalue weighted by atomic mass is 19.4. The third kappa shape index (κ3) is 3.94. The number of benzene rings is 4. The smallest absolute Gasteiger partial charge is 0.378 e. The number of fused-ring (bicyclic) bond motifs is 2. The number of ether oxygens (including phenoxy) is 1. The lowest BCUT2D eigenvalue weighted by molar-refractivity contribution is -0.137. The summed E-state index contributed by atoms with van der Waals surface area (Å²) in [5, 5.41) is 4.14. The van der Waals surface area contributed by atoms with E-state index in [0.29, 0.717) is 37.7 Å². The number of anilines is 1. The maximum Gasteiger partial charge on any atom is 0.416 e. The van der Waals surface area contributed by atoms with Crippen LogP contribution in [0.5, 0.6) is 0 Å². The summed E-state index contributed by atoms with van der Waals surface area (Å²) >= 11 is 0. The quantitative estimate of drug-likeness (QED) is 0.268. The van der Waals surface area contributed by atoms with E-state index in [1.807, 2.05) is 53.4 Å². The van der Waals surface area contributed by atoms with E-state index < -0.39 is 11.7 Å². The molecule has 5 rings (SSSR count). The maximum absolute atomic E-state index is 13.4. The summed E-state index contributed by atoms with van der Waals surface area (Å²) in [6.45, 7) is 2.31. The van der Waals surface area contributed by atoms with Crippen LogP contribution in [0.15, 0.2) is 77.8 Å². The Kier molecular flexibility index (Phi) is 5.31. The molecule has 0 unspecified atom stereocenters. The van der Waals surface area contributed by atoms with Gasteiger partial charge < -0.3 is 9.64 Å². The van der Waals surface area contributed by atoms with Crippen molar-refractivity contribution in [2.24, 2.45) is 4.99 Å². The molecule has 6 heteroatoms. The first-order valence-electron chi connectivity index (χ1n) is 10.5. The van der Waals surface area contributed by atoms with Crippen molar-refractivity contribution in [3.63, 3.8) is 0 Å². The molecule has 0 saturated carbocycles. The van der Waals surface area contributed by atoms with Gasteiger partial charge in [-0.05, 0) is 45.8 Å². The zero-order valence-corrected chi connectivity index (χ0v) is 17.3. The highest BCUT2D eigenvalue weighted by Gasteiger charge is 2.31. The summed E-state index contributed by atoms with van der Waals surface area (Å²) in [5.41, 5.74) is 1.18. The van der Waals surface area contributed by atoms with Crippen molar-refractivity contribution in [3.8, 4) is 0 Å². The first kappa shape index (κ1) is 20.5. The minimum absolute atomic E-state index is 0.304. The van der Waals surface area contributed by atoms with Gasteiger partial charge >= 0.3 is 6.18 Å². The molecule has 1 fully saturated rings. The van der Waals surface area contributed by atoms with Gasteiger partial charge in [-0.25, -0.2) is 0 Å². The second-order valence-corrected chi connectivity index (χ2v) is 7.79. The Morgan fingerprint density at radius 3 is 2.06 bits per heavy atom. The van der Waals surface area contributed by atoms with E-state index >= 15 is 0 Å². The summed E-state index contributed by atoms with van der Waals surface area (Å²) in [6.07, 6.45) is -2.73. The van der Waals surface area contributed by atoms with Gasteiger partial charge in [-0.3, -0.25) is 4.99 Å². The molecule has 0 aromatic heterocycles. The molecular weight excluding hydrogens is 413 g/mol. The van der Waals surface area contributed by atoms with E-state index in [9.17, 15) is 13.2 Å². The number of aliphatic imine (C=N–C) groups is 1. The van der Waals surface area contributed by atoms with Gasteiger partial charge in [0.25, 0.3) is 0 Å². The Morgan fingerprint density at radius 2 is 1.44 bits per heavy atom. The molecule has 0 aliphatic carbocycles. The molecule has 4 aromatic rings. The molecule has 3 nitrogen and oxygen atoms in total. The Bertz CT molecular complexity index is 1250. The van der Waals surface area contributed by atoms with Crippen molar-refractivity contribution in [1.29, 1.82) is 0 Å². The summed E-state index contributed by atoms with van der Waals surface area (Å²) < 4.78 is 45.7. The summed E-state index contributed by atoms with van der Waals surface area (Å²) in [7, 11) is 0. The summed E-state index contributed by atoms with van der Waals surface area (Å²) in [5.74, 6) is 0. The van der Waals surface area contributed by atoms with Crippen LogP contribution in [0.3, 0.4) is 0 Å². The SMILES string of the molecule is FC(F)(F)c1ccc(N2CCOCC2)c(N=Cc2c3ccccc3cc3ccccc23)c1. The van der Waals surface area contributed by atoms with Crippen molar-refractivity contribution in [2.75, 3.05) is 31.2 Å². The van der Waals surface area contributed by atoms with E-state index in [1.54, 1.807) is 6.21 Å². The largest absolute Gasteiger partial charge is 0.416 e. The van der Waals surface area contributed by atoms with E-state index in [1.165, 1.54) is 6.07 Å². The zero-order valence-electron chi connectivity index (χ0n) is 17.3. The summed E-state index contributed by atoms with van der Waals surface area (Å²) in [6, 6.07) is 21.8. The minimum Gasteiger partial charge on any atom is -0.378 e. The van der Waals surface area contributed by atoms with Crippen LogP contribution in [0.2, 0.25) is 0 Å². The van der Waals surface area contributed by atoms with Crippen LogP contribution in [-0.4, -0.2) is 32.5 Å². The zero-order chi connectivity index (χ0) is 22.1. The lowest BCUT2D eigenvalue weighted by atomic mass is 9.97. The molecule has 1 heterocycles. The normalized spacial score (nSPS) is 15.2. The third-order valence-electron chi connectivity index (χ3n) is 5.80. The van der Waals surface area contributed by atoms with E-state index in [-0.39, 0.29) is 0 Å². The molecule has 0 atom stereocenters. The van der Waals surface area contributed by atoms with Gasteiger partial charge in [0, 0.05) is 24.9 Å². The average molecular weight is 434 g/mol. The average Bonchev–Trinajstić information content (AvgIpc) is 2.81. The standard InChI is InChI=1S/C26H21F3N2O/c27-26(28,29)20-9-10-25(31-11-13-32-14-12-31)24(16-20)30-17-23-21-7-3-1-5-18(21)15-19-6-2-4-8-22(19)23/h1-10,15-17H,11-14H2. The van der Waals surface area contributed by atoms with Crippen LogP contribution in [-0.2, 0) is 10.9 Å². The van der Waals surface area contributed by atoms with Crippen LogP contribution in [0.25, 0.3) is 21.5 Å². The van der Waals surface area contributed by atoms with E-state index in [4.69, 9.17) is 4.74 Å². The lowest BCUT2D eigenvalue weighted by Crippen LogP contribution is -2.36. The predicted octanol–water partition coefficient (Wildman–Crippen LogP) is 6.60. The number of hydrogen-bond acceptors (Lipinski definition) is 3. The van der Waals surface area contributed by atoms with Crippen LogP contribution in [0.1, 0.15) is 11.1 Å². The molecule has 1 aliphatic rings. The Hall–Kier alpha value is -3.38. The molecule has 0 radical (unpaired) electrons. The topological polar surface area (TPSA) is 24.8 Å². The molecule has 0 amide bonds. The molecule has 4 aromatic carbocycles. The molecule has 0 bridgehead atoms. The fraction of sp³-hybridized carbons (Fsp3) is 0.192. The Labute approximate surface area is 183 Å². The second kappa shape index (κ2) is 8.28. The minimum atomic E-state index is -4.43. The van der Waals surface area contributed by atoms with Crippen molar-refractivity contribution in [1.82, 2.24) is 0 Å². The highest BCUT2D eigenvalue weighted by molar-refractivity contribution is 6.13. The number of morpholine rings is 1. The molecule has 32 heavy (non-hydrogen) atoms. The van der Waals surface area contributed by atoms with E-state index in [2.05, 4.69) is 11.1 Å². The van der Waals surface area contributed by atoms with Crippen LogP contribution < -0.4 is 4.90 Å². The van der Waals surface area contributed by atoms with Gasteiger partial charge in [-0.15, -0.1) is 0 Å². The van der Waals surface area contributed by atoms with Gasteiger partial charge in [0.1, 0.15) is 0 Å². The van der Waals surface area contributed by atoms with Crippen LogP contribution in [0, 0.1) is 0 Å². The third-order valence-corrected chi connectivity index (χ3v) is 5.80. The first-order chi connectivity index (χ1) is 15.5. The summed E-state index contributed by atoms with van der Waals surface area (Å²) in [4.78, 5) is 6.64. The number of nitrogens with zero attached hydrogens (tertiary/aromatic N) is 2. The second-order valence-electron chi connectivity index (χ2n) is 7.79. The number of halogens is 3. The fourth-order valence-electron chi connectivity index (χ4n) is 4.20. The van der Waals surface area contributed by atoms with Gasteiger partial charge in [0.2, 0.25) is 0 Å². The highest BCUT2D eigenvalue weighted by Crippen LogP contribution is 2.37. The van der Waals surface area contributed by atoms with E-state index in [0.717, 1.165) is 39.2 Å². The molecule has 162 valence electrons. The van der Waals surface area contributed by atoms with Gasteiger partial charge in [-0.2, -0.15) is 13.2 Å². The molecule has 0 spiro atoms. The van der Waals surface area contributed by atoms with Gasteiger partial charge in [0.15, 0.2) is 0 Å². The van der Waals surface area contributed by atoms with Crippen LogP contribution in [0.4, 0.5) is 24.5 Å². The fourth-order valence-corrected chi connectivity index (χ4v) is 4.20. The molecule has 1 aliphatic heterocycles. The van der Waals surface area contributed by atoms with Crippen molar-refractivity contribution in [3.05, 3.63) is 83.9 Å². The van der Waals surface area contributed by atoms with Crippen molar-refractivity contribution in [2.45, 2.75) is 6.18 Å². The maximum atomic E-state index is 13.4. The Balaban J connectivity index is 1.67. The monoisotopic (exact) mass is 434 g/mol. The first-order valence-corrected chi connectivity index (χ1v) is 10.5. The van der Waals surface area contributed by atoms with Crippen molar-refractivity contribution >= 4 is 39.1 Å². The van der Waals surface area contributed by atoms with Crippen LogP contribution >= 0.6 is 0 Å².